The van der Waals surface area contributed by atoms with Crippen LogP contribution in [0.3, 0.4) is 0 Å². The van der Waals surface area contributed by atoms with Gasteiger partial charge in [-0.2, -0.15) is 0 Å². The van der Waals surface area contributed by atoms with Gasteiger partial charge in [0.1, 0.15) is 12.4 Å². The van der Waals surface area contributed by atoms with Crippen molar-refractivity contribution < 1.29 is 9.53 Å². The second-order valence-corrected chi connectivity index (χ2v) is 9.00. The largest absolute Gasteiger partial charge is 0.491 e. The van der Waals surface area contributed by atoms with Gasteiger partial charge in [-0.3, -0.25) is 4.79 Å². The van der Waals surface area contributed by atoms with E-state index in [4.69, 9.17) is 27.9 Å². The first-order valence-electron chi connectivity index (χ1n) is 8.78. The van der Waals surface area contributed by atoms with E-state index in [1.165, 1.54) is 11.8 Å². The highest BCUT2D eigenvalue weighted by Crippen LogP contribution is 2.30. The summed E-state index contributed by atoms with van der Waals surface area (Å²) in [4.78, 5) is 12.0. The summed E-state index contributed by atoms with van der Waals surface area (Å²) in [7, 11) is 0. The first-order chi connectivity index (χ1) is 12.8. The van der Waals surface area contributed by atoms with Crippen molar-refractivity contribution in [3.05, 3.63) is 63.6 Å². The normalized spacial score (nSPS) is 11.3. The fourth-order valence-electron chi connectivity index (χ4n) is 2.51. The minimum atomic E-state index is -0.0159. The van der Waals surface area contributed by atoms with Crippen LogP contribution < -0.4 is 10.1 Å². The second kappa shape index (κ2) is 10.3. The number of ether oxygens (including phenoxy) is 1. The molecule has 6 heteroatoms. The van der Waals surface area contributed by atoms with E-state index in [0.29, 0.717) is 34.7 Å². The number of amides is 1. The van der Waals surface area contributed by atoms with Crippen LogP contribution in [0.5, 0.6) is 5.75 Å². The van der Waals surface area contributed by atoms with Crippen molar-refractivity contribution >= 4 is 40.9 Å². The lowest BCUT2D eigenvalue weighted by molar-refractivity contribution is -0.118. The van der Waals surface area contributed by atoms with Crippen LogP contribution in [0.4, 0.5) is 0 Å². The summed E-state index contributed by atoms with van der Waals surface area (Å²) >= 11 is 13.5. The lowest BCUT2D eigenvalue weighted by atomic mass is 9.86. The van der Waals surface area contributed by atoms with Gasteiger partial charge in [0, 0.05) is 15.8 Å². The Kier molecular flexibility index (Phi) is 8.33. The Labute approximate surface area is 175 Å². The predicted molar refractivity (Wildman–Crippen MR) is 116 cm³/mol. The van der Waals surface area contributed by atoms with Crippen molar-refractivity contribution in [1.82, 2.24) is 5.32 Å². The molecule has 2 aromatic rings. The number of carbonyl (C=O) groups excluding carboxylic acids is 1. The number of hydrogen-bond donors (Lipinski definition) is 1. The average molecular weight is 426 g/mol. The maximum absolute atomic E-state index is 12.0. The predicted octanol–water partition coefficient (Wildman–Crippen LogP) is 5.72. The zero-order valence-electron chi connectivity index (χ0n) is 15.9. The van der Waals surface area contributed by atoms with Crippen molar-refractivity contribution in [3.8, 4) is 5.75 Å². The number of benzene rings is 2. The number of para-hydroxylation sites is 1. The van der Waals surface area contributed by atoms with Gasteiger partial charge in [-0.1, -0.05) is 68.2 Å². The number of thioether (sulfide) groups is 1. The van der Waals surface area contributed by atoms with E-state index >= 15 is 0 Å². The van der Waals surface area contributed by atoms with Crippen LogP contribution in [0.25, 0.3) is 0 Å². The molecule has 0 bridgehead atoms. The molecule has 0 aromatic heterocycles. The molecule has 2 rings (SSSR count). The van der Waals surface area contributed by atoms with Crippen LogP contribution in [0.2, 0.25) is 10.0 Å². The molecule has 3 nitrogen and oxygen atoms in total. The third kappa shape index (κ3) is 7.28. The maximum Gasteiger partial charge on any atom is 0.230 e. The summed E-state index contributed by atoms with van der Waals surface area (Å²) in [6.45, 7) is 7.37. The van der Waals surface area contributed by atoms with Crippen molar-refractivity contribution in [3.63, 3.8) is 0 Å². The highest BCUT2D eigenvalue weighted by atomic mass is 35.5. The minimum Gasteiger partial charge on any atom is -0.491 e. The lowest BCUT2D eigenvalue weighted by Crippen LogP contribution is -2.29. The van der Waals surface area contributed by atoms with Crippen LogP contribution in [0.15, 0.2) is 42.5 Å². The van der Waals surface area contributed by atoms with E-state index < -0.39 is 0 Å². The number of rotatable bonds is 8. The van der Waals surface area contributed by atoms with Crippen LogP contribution in [0.1, 0.15) is 31.9 Å². The first-order valence-corrected chi connectivity index (χ1v) is 10.7. The molecule has 0 fully saturated rings. The molecule has 2 aromatic carbocycles. The van der Waals surface area contributed by atoms with Crippen LogP contribution in [-0.2, 0) is 16.0 Å². The lowest BCUT2D eigenvalue weighted by Gasteiger charge is -2.22. The topological polar surface area (TPSA) is 38.3 Å². The molecule has 0 saturated heterocycles. The van der Waals surface area contributed by atoms with Crippen LogP contribution >= 0.6 is 35.0 Å². The number of hydrogen-bond acceptors (Lipinski definition) is 3. The van der Waals surface area contributed by atoms with Crippen molar-refractivity contribution in [2.45, 2.75) is 31.9 Å². The van der Waals surface area contributed by atoms with Gasteiger partial charge in [0.25, 0.3) is 0 Å². The molecule has 1 amide bonds. The van der Waals surface area contributed by atoms with Gasteiger partial charge in [0.2, 0.25) is 5.91 Å². The molecule has 27 heavy (non-hydrogen) atoms. The summed E-state index contributed by atoms with van der Waals surface area (Å²) < 4.78 is 5.86. The smallest absolute Gasteiger partial charge is 0.230 e. The fraction of sp³-hybridized carbons (Fsp3) is 0.381. The van der Waals surface area contributed by atoms with Gasteiger partial charge in [0.05, 0.1) is 12.3 Å². The zero-order valence-corrected chi connectivity index (χ0v) is 18.2. The molecule has 0 atom stereocenters. The number of halogens is 2. The summed E-state index contributed by atoms with van der Waals surface area (Å²) in [5, 5.41) is 4.12. The molecular formula is C21H25Cl2NO2S. The van der Waals surface area contributed by atoms with E-state index in [1.807, 2.05) is 24.3 Å². The Morgan fingerprint density at radius 1 is 1.15 bits per heavy atom. The number of carbonyl (C=O) groups is 1. The molecule has 0 radical (unpaired) electrons. The highest BCUT2D eigenvalue weighted by Gasteiger charge is 2.18. The zero-order chi connectivity index (χ0) is 19.9. The summed E-state index contributed by atoms with van der Waals surface area (Å²) in [6.07, 6.45) is 0. The Hall–Kier alpha value is -1.36. The molecule has 146 valence electrons. The Morgan fingerprint density at radius 2 is 1.89 bits per heavy atom. The van der Waals surface area contributed by atoms with Gasteiger partial charge in [0.15, 0.2) is 0 Å². The first kappa shape index (κ1) is 21.9. The van der Waals surface area contributed by atoms with E-state index in [9.17, 15) is 4.79 Å². The van der Waals surface area contributed by atoms with E-state index in [0.717, 1.165) is 16.9 Å². The summed E-state index contributed by atoms with van der Waals surface area (Å²) in [5.41, 5.74) is 2.15. The van der Waals surface area contributed by atoms with E-state index in [-0.39, 0.29) is 11.3 Å². The minimum absolute atomic E-state index is 0.0133. The number of nitrogens with one attached hydrogen (secondary N) is 1. The van der Waals surface area contributed by atoms with Crippen molar-refractivity contribution in [2.24, 2.45) is 0 Å². The Bertz CT molecular complexity index is 775. The molecule has 0 unspecified atom stereocenters. The Balaban J connectivity index is 1.70. The fourth-order valence-corrected chi connectivity index (χ4v) is 3.92. The molecule has 0 aliphatic rings. The monoisotopic (exact) mass is 425 g/mol. The van der Waals surface area contributed by atoms with Gasteiger partial charge in [-0.25, -0.2) is 0 Å². The molecule has 0 aliphatic heterocycles. The second-order valence-electron chi connectivity index (χ2n) is 7.17. The average Bonchev–Trinajstić information content (AvgIpc) is 2.60. The molecule has 0 heterocycles. The van der Waals surface area contributed by atoms with Gasteiger partial charge in [-0.05, 0) is 34.7 Å². The van der Waals surface area contributed by atoms with Crippen molar-refractivity contribution in [2.75, 3.05) is 18.9 Å². The maximum atomic E-state index is 12.0. The van der Waals surface area contributed by atoms with Gasteiger partial charge in [-0.15, -0.1) is 11.8 Å². The molecule has 1 N–H and O–H groups in total. The third-order valence-electron chi connectivity index (χ3n) is 3.88. The highest BCUT2D eigenvalue weighted by molar-refractivity contribution is 7.99. The van der Waals surface area contributed by atoms with Gasteiger partial charge >= 0.3 is 0 Å². The van der Waals surface area contributed by atoms with Crippen LogP contribution in [0, 0.1) is 0 Å². The third-order valence-corrected chi connectivity index (χ3v) is 5.45. The molecule has 0 spiro atoms. The van der Waals surface area contributed by atoms with Crippen LogP contribution in [-0.4, -0.2) is 24.8 Å². The standard InChI is InChI=1S/C21H25Cl2NO2S/c1-21(2,3)17-6-4-5-7-19(17)26-11-10-24-20(25)14-27-13-15-8-9-16(22)12-18(15)23/h4-9,12H,10-11,13-14H2,1-3H3,(H,24,25). The summed E-state index contributed by atoms with van der Waals surface area (Å²) in [6, 6.07) is 13.4. The quantitative estimate of drug-likeness (QED) is 0.549. The molecule has 0 aliphatic carbocycles. The van der Waals surface area contributed by atoms with Gasteiger partial charge < -0.3 is 10.1 Å². The van der Waals surface area contributed by atoms with E-state index in [2.05, 4.69) is 32.2 Å². The van der Waals surface area contributed by atoms with E-state index in [1.54, 1.807) is 12.1 Å². The Morgan fingerprint density at radius 3 is 2.59 bits per heavy atom. The summed E-state index contributed by atoms with van der Waals surface area (Å²) in [5.74, 6) is 1.89. The SMILES string of the molecule is CC(C)(C)c1ccccc1OCCNC(=O)CSCc1ccc(Cl)cc1Cl. The molecule has 0 saturated carbocycles. The van der Waals surface area contributed by atoms with Crippen molar-refractivity contribution in [1.29, 1.82) is 0 Å². The molecular weight excluding hydrogens is 401 g/mol.